The van der Waals surface area contributed by atoms with Crippen LogP contribution in [0.3, 0.4) is 0 Å². The van der Waals surface area contributed by atoms with Crippen LogP contribution in [0.2, 0.25) is 0 Å². The Morgan fingerprint density at radius 2 is 1.71 bits per heavy atom. The van der Waals surface area contributed by atoms with Gasteiger partial charge in [-0.2, -0.15) is 0 Å². The van der Waals surface area contributed by atoms with Gasteiger partial charge in [0.25, 0.3) is 5.91 Å². The number of nitrogens with zero attached hydrogens (tertiary/aromatic N) is 2. The van der Waals surface area contributed by atoms with Gasteiger partial charge < -0.3 is 19.5 Å². The molecule has 0 aliphatic heterocycles. The van der Waals surface area contributed by atoms with Gasteiger partial charge in [0.1, 0.15) is 11.6 Å². The fourth-order valence-corrected chi connectivity index (χ4v) is 4.33. The summed E-state index contributed by atoms with van der Waals surface area (Å²) < 4.78 is 23.9. The Hall–Kier alpha value is -3.68. The van der Waals surface area contributed by atoms with E-state index in [-0.39, 0.29) is 35.8 Å². The number of halogens is 1. The van der Waals surface area contributed by atoms with Crippen molar-refractivity contribution >= 4 is 11.8 Å². The third kappa shape index (κ3) is 6.68. The quantitative estimate of drug-likeness (QED) is 0.474. The molecule has 1 heterocycles. The molecule has 1 fully saturated rings. The lowest BCUT2D eigenvalue weighted by Gasteiger charge is -2.28. The summed E-state index contributed by atoms with van der Waals surface area (Å²) in [7, 11) is 1.60. The van der Waals surface area contributed by atoms with E-state index in [1.807, 2.05) is 24.3 Å². The maximum Gasteiger partial charge on any atom is 0.273 e. The number of methoxy groups -OCH3 is 1. The summed E-state index contributed by atoms with van der Waals surface area (Å²) in [6, 6.07) is 15.1. The SMILES string of the molecule is COc1ccc(CNC(=O)c2cc(CN(Cc3ccc(F)cc3)C(=O)C3CCCCC3)on2)cc1. The van der Waals surface area contributed by atoms with Gasteiger partial charge in [0, 0.05) is 25.1 Å². The molecule has 1 aromatic heterocycles. The van der Waals surface area contributed by atoms with Crippen LogP contribution in [0.1, 0.15) is 59.5 Å². The van der Waals surface area contributed by atoms with Crippen LogP contribution in [-0.4, -0.2) is 29.0 Å². The Labute approximate surface area is 204 Å². The molecule has 184 valence electrons. The van der Waals surface area contributed by atoms with E-state index < -0.39 is 0 Å². The number of benzene rings is 2. The zero-order chi connectivity index (χ0) is 24.6. The molecule has 0 spiro atoms. The summed E-state index contributed by atoms with van der Waals surface area (Å²) >= 11 is 0. The van der Waals surface area contributed by atoms with Gasteiger partial charge in [0.2, 0.25) is 5.91 Å². The highest BCUT2D eigenvalue weighted by Gasteiger charge is 2.27. The zero-order valence-electron chi connectivity index (χ0n) is 19.8. The average molecular weight is 480 g/mol. The van der Waals surface area contributed by atoms with Crippen LogP contribution < -0.4 is 10.1 Å². The second kappa shape index (κ2) is 11.6. The molecule has 1 saturated carbocycles. The molecule has 0 saturated heterocycles. The van der Waals surface area contributed by atoms with Crippen LogP contribution in [0.5, 0.6) is 5.75 Å². The molecule has 0 atom stereocenters. The number of carbonyl (C=O) groups is 2. The topological polar surface area (TPSA) is 84.7 Å². The van der Waals surface area contributed by atoms with Crippen LogP contribution in [0, 0.1) is 11.7 Å². The van der Waals surface area contributed by atoms with Crippen molar-refractivity contribution in [1.29, 1.82) is 0 Å². The smallest absolute Gasteiger partial charge is 0.273 e. The Morgan fingerprint density at radius 3 is 2.40 bits per heavy atom. The number of aromatic nitrogens is 1. The van der Waals surface area contributed by atoms with E-state index in [0.29, 0.717) is 18.8 Å². The summed E-state index contributed by atoms with van der Waals surface area (Å²) in [6.45, 7) is 0.850. The zero-order valence-corrected chi connectivity index (χ0v) is 19.8. The highest BCUT2D eigenvalue weighted by molar-refractivity contribution is 5.92. The Morgan fingerprint density at radius 1 is 1.03 bits per heavy atom. The van der Waals surface area contributed by atoms with Crippen LogP contribution in [0.4, 0.5) is 4.39 Å². The normalized spacial score (nSPS) is 13.9. The third-order valence-corrected chi connectivity index (χ3v) is 6.30. The van der Waals surface area contributed by atoms with Gasteiger partial charge in [-0.15, -0.1) is 0 Å². The van der Waals surface area contributed by atoms with Gasteiger partial charge in [0.15, 0.2) is 11.5 Å². The predicted octanol–water partition coefficient (Wildman–Crippen LogP) is 4.86. The second-order valence-corrected chi connectivity index (χ2v) is 8.86. The average Bonchev–Trinajstić information content (AvgIpc) is 3.37. The van der Waals surface area contributed by atoms with Crippen molar-refractivity contribution in [1.82, 2.24) is 15.4 Å². The van der Waals surface area contributed by atoms with E-state index in [0.717, 1.165) is 49.0 Å². The van der Waals surface area contributed by atoms with E-state index >= 15 is 0 Å². The molecular formula is C27H30FN3O4. The molecule has 7 nitrogen and oxygen atoms in total. The molecule has 0 radical (unpaired) electrons. The van der Waals surface area contributed by atoms with Crippen molar-refractivity contribution in [3.05, 3.63) is 83.0 Å². The second-order valence-electron chi connectivity index (χ2n) is 8.86. The lowest BCUT2D eigenvalue weighted by atomic mass is 9.88. The molecule has 3 aromatic rings. The predicted molar refractivity (Wildman–Crippen MR) is 128 cm³/mol. The largest absolute Gasteiger partial charge is 0.497 e. The van der Waals surface area contributed by atoms with Crippen LogP contribution >= 0.6 is 0 Å². The molecule has 8 heteroatoms. The summed E-state index contributed by atoms with van der Waals surface area (Å²) in [4.78, 5) is 27.6. The van der Waals surface area contributed by atoms with Crippen molar-refractivity contribution in [3.63, 3.8) is 0 Å². The monoisotopic (exact) mass is 479 g/mol. The lowest BCUT2D eigenvalue weighted by Crippen LogP contribution is -2.36. The van der Waals surface area contributed by atoms with Gasteiger partial charge in [-0.1, -0.05) is 48.7 Å². The minimum atomic E-state index is -0.362. The van der Waals surface area contributed by atoms with Crippen molar-refractivity contribution < 1.29 is 23.2 Å². The molecule has 4 rings (SSSR count). The number of carbonyl (C=O) groups excluding carboxylic acids is 2. The van der Waals surface area contributed by atoms with Gasteiger partial charge in [0.05, 0.1) is 13.7 Å². The fourth-order valence-electron chi connectivity index (χ4n) is 4.33. The number of hydrogen-bond acceptors (Lipinski definition) is 5. The number of rotatable bonds is 9. The van der Waals surface area contributed by atoms with Crippen molar-refractivity contribution in [2.45, 2.75) is 51.7 Å². The minimum Gasteiger partial charge on any atom is -0.497 e. The first kappa shape index (κ1) is 24.4. The molecule has 1 aliphatic rings. The van der Waals surface area contributed by atoms with E-state index in [2.05, 4.69) is 10.5 Å². The summed E-state index contributed by atoms with van der Waals surface area (Å²) in [5, 5.41) is 6.73. The van der Waals surface area contributed by atoms with Crippen LogP contribution in [0.25, 0.3) is 0 Å². The first-order chi connectivity index (χ1) is 17.0. The molecule has 0 unspecified atom stereocenters. The molecule has 0 bridgehead atoms. The van der Waals surface area contributed by atoms with Gasteiger partial charge >= 0.3 is 0 Å². The molecule has 2 aromatic carbocycles. The first-order valence-electron chi connectivity index (χ1n) is 11.9. The maximum atomic E-state index is 13.4. The van der Waals surface area contributed by atoms with Crippen LogP contribution in [-0.2, 0) is 24.4 Å². The summed E-state index contributed by atoms with van der Waals surface area (Å²) in [5.41, 5.74) is 1.90. The lowest BCUT2D eigenvalue weighted by molar-refractivity contribution is -0.138. The van der Waals surface area contributed by atoms with Crippen molar-refractivity contribution in [2.75, 3.05) is 7.11 Å². The van der Waals surface area contributed by atoms with Gasteiger partial charge in [-0.25, -0.2) is 4.39 Å². The summed E-state index contributed by atoms with van der Waals surface area (Å²) in [6.07, 6.45) is 4.98. The minimum absolute atomic E-state index is 0.0283. The number of nitrogens with one attached hydrogen (secondary N) is 1. The van der Waals surface area contributed by atoms with Gasteiger partial charge in [-0.3, -0.25) is 9.59 Å². The Balaban J connectivity index is 1.41. The standard InChI is InChI=1S/C27H30FN3O4/c1-34-23-13-9-19(10-14-23)16-29-26(32)25-15-24(35-30-25)18-31(17-20-7-11-22(28)12-8-20)27(33)21-5-3-2-4-6-21/h7-15,21H,2-6,16-18H2,1H3,(H,29,32). The third-order valence-electron chi connectivity index (χ3n) is 6.30. The maximum absolute atomic E-state index is 13.4. The van der Waals surface area contributed by atoms with Gasteiger partial charge in [-0.05, 0) is 48.2 Å². The molecule has 2 amide bonds. The van der Waals surface area contributed by atoms with Crippen LogP contribution in [0.15, 0.2) is 59.1 Å². The van der Waals surface area contributed by atoms with E-state index in [1.165, 1.54) is 12.1 Å². The number of amides is 2. The molecule has 1 N–H and O–H groups in total. The molecule has 35 heavy (non-hydrogen) atoms. The highest BCUT2D eigenvalue weighted by atomic mass is 19.1. The van der Waals surface area contributed by atoms with Crippen molar-refractivity contribution in [2.24, 2.45) is 5.92 Å². The summed E-state index contributed by atoms with van der Waals surface area (Å²) in [5.74, 6) is 0.509. The van der Waals surface area contributed by atoms with E-state index in [4.69, 9.17) is 9.26 Å². The number of ether oxygens (including phenoxy) is 1. The van der Waals surface area contributed by atoms with Crippen molar-refractivity contribution in [3.8, 4) is 5.75 Å². The van der Waals surface area contributed by atoms with E-state index in [1.54, 1.807) is 30.2 Å². The Kier molecular flexibility index (Phi) is 8.13. The highest BCUT2D eigenvalue weighted by Crippen LogP contribution is 2.27. The fraction of sp³-hybridized carbons (Fsp3) is 0.370. The van der Waals surface area contributed by atoms with E-state index in [9.17, 15) is 14.0 Å². The first-order valence-corrected chi connectivity index (χ1v) is 11.9. The molecule has 1 aliphatic carbocycles. The molecular weight excluding hydrogens is 449 g/mol. The Bertz CT molecular complexity index is 1120. The number of hydrogen-bond donors (Lipinski definition) is 1.